The maximum Gasteiger partial charge on any atom is 0.263 e. The van der Waals surface area contributed by atoms with Crippen LogP contribution in [0.1, 0.15) is 0 Å². The molecule has 6 nitrogen and oxygen atoms in total. The Morgan fingerprint density at radius 2 is 2.06 bits per heavy atom. The number of aromatic nitrogens is 2. The molecule has 0 atom stereocenters. The number of nitrogens with one attached hydrogen (secondary N) is 2. The molecular weight excluding hydrogens is 322 g/mol. The first kappa shape index (κ1) is 12.8. The number of hydrogen-bond donors (Lipinski definition) is 2. The molecule has 0 amide bonds. The molecule has 18 heavy (non-hydrogen) atoms. The monoisotopic (exact) mass is 329 g/mol. The lowest BCUT2D eigenvalue weighted by molar-refractivity contribution is 0.600. The van der Waals surface area contributed by atoms with Gasteiger partial charge in [-0.3, -0.25) is 9.52 Å². The Kier molecular flexibility index (Phi) is 3.48. The van der Waals surface area contributed by atoms with E-state index in [0.717, 1.165) is 12.3 Å². The fraction of sp³-hybridized carbons (Fsp3) is 0. The van der Waals surface area contributed by atoms with Crippen molar-refractivity contribution in [1.82, 2.24) is 9.97 Å². The third-order valence-electron chi connectivity index (χ3n) is 2.07. The van der Waals surface area contributed by atoms with Crippen molar-refractivity contribution in [2.75, 3.05) is 4.72 Å². The Hall–Kier alpha value is -1.67. The van der Waals surface area contributed by atoms with Crippen molar-refractivity contribution in [3.05, 3.63) is 51.6 Å². The maximum absolute atomic E-state index is 12.0. The number of anilines is 1. The molecule has 0 aliphatic carbocycles. The van der Waals surface area contributed by atoms with E-state index < -0.39 is 10.0 Å². The van der Waals surface area contributed by atoms with Gasteiger partial charge >= 0.3 is 0 Å². The average Bonchev–Trinajstić information content (AvgIpc) is 2.32. The van der Waals surface area contributed by atoms with E-state index in [1.807, 2.05) is 0 Å². The summed E-state index contributed by atoms with van der Waals surface area (Å²) in [7, 11) is -3.74. The van der Waals surface area contributed by atoms with Gasteiger partial charge < -0.3 is 4.98 Å². The molecule has 0 aliphatic heterocycles. The summed E-state index contributed by atoms with van der Waals surface area (Å²) in [5, 5.41) is 0. The lowest BCUT2D eigenvalue weighted by Crippen LogP contribution is -2.15. The summed E-state index contributed by atoms with van der Waals surface area (Å²) >= 11 is 3.14. The van der Waals surface area contributed by atoms with Crippen LogP contribution in [0, 0.1) is 0 Å². The van der Waals surface area contributed by atoms with Gasteiger partial charge in [-0.2, -0.15) is 0 Å². The summed E-state index contributed by atoms with van der Waals surface area (Å²) in [6.45, 7) is 0. The Bertz CT molecular complexity index is 707. The minimum Gasteiger partial charge on any atom is -0.328 e. The second kappa shape index (κ2) is 4.91. The van der Waals surface area contributed by atoms with Crippen LogP contribution >= 0.6 is 15.9 Å². The van der Waals surface area contributed by atoms with Crippen LogP contribution in [0.3, 0.4) is 0 Å². The molecule has 2 rings (SSSR count). The highest BCUT2D eigenvalue weighted by Gasteiger charge is 2.15. The van der Waals surface area contributed by atoms with Crippen LogP contribution in [0.15, 0.2) is 51.0 Å². The van der Waals surface area contributed by atoms with Gasteiger partial charge in [-0.25, -0.2) is 13.4 Å². The van der Waals surface area contributed by atoms with E-state index in [0.29, 0.717) is 10.3 Å². The van der Waals surface area contributed by atoms with Crippen LogP contribution in [0.5, 0.6) is 0 Å². The number of sulfonamides is 1. The fourth-order valence-corrected chi connectivity index (χ4v) is 2.74. The zero-order valence-electron chi connectivity index (χ0n) is 8.92. The van der Waals surface area contributed by atoms with Gasteiger partial charge in [0.05, 0.1) is 5.69 Å². The zero-order valence-corrected chi connectivity index (χ0v) is 11.3. The number of aromatic amines is 1. The number of nitrogens with zero attached hydrogens (tertiary/aromatic N) is 1. The van der Waals surface area contributed by atoms with Crippen LogP contribution in [0.25, 0.3) is 0 Å². The standard InChI is InChI=1S/C10H8BrN3O3S/c11-10-8(2-1-5-12-10)14-18(16,17)7-3-4-9(15)13-6-7/h1-6,14H,(H,13,15). The van der Waals surface area contributed by atoms with Crippen LogP contribution in [-0.2, 0) is 10.0 Å². The van der Waals surface area contributed by atoms with E-state index >= 15 is 0 Å². The van der Waals surface area contributed by atoms with Gasteiger partial charge in [-0.15, -0.1) is 0 Å². The first-order chi connectivity index (χ1) is 8.49. The van der Waals surface area contributed by atoms with E-state index in [1.165, 1.54) is 12.3 Å². The SMILES string of the molecule is O=c1ccc(S(=O)(=O)Nc2cccnc2Br)c[nH]1. The summed E-state index contributed by atoms with van der Waals surface area (Å²) in [5.74, 6) is 0. The van der Waals surface area contributed by atoms with Crippen molar-refractivity contribution in [3.63, 3.8) is 0 Å². The number of halogens is 1. The Morgan fingerprint density at radius 1 is 1.28 bits per heavy atom. The third kappa shape index (κ3) is 2.77. The van der Waals surface area contributed by atoms with Crippen LogP contribution in [0.4, 0.5) is 5.69 Å². The first-order valence-electron chi connectivity index (χ1n) is 4.81. The number of pyridine rings is 2. The van der Waals surface area contributed by atoms with Crippen molar-refractivity contribution in [2.24, 2.45) is 0 Å². The normalized spacial score (nSPS) is 11.2. The third-order valence-corrected chi connectivity index (χ3v) is 4.06. The molecule has 2 aromatic heterocycles. The molecule has 2 heterocycles. The summed E-state index contributed by atoms with van der Waals surface area (Å²) in [4.78, 5) is 17.1. The quantitative estimate of drug-likeness (QED) is 0.831. The zero-order chi connectivity index (χ0) is 13.2. The van der Waals surface area contributed by atoms with Crippen LogP contribution in [-0.4, -0.2) is 18.4 Å². The lowest BCUT2D eigenvalue weighted by Gasteiger charge is -2.08. The molecule has 0 aromatic carbocycles. The topological polar surface area (TPSA) is 91.9 Å². The summed E-state index contributed by atoms with van der Waals surface area (Å²) < 4.78 is 26.7. The average molecular weight is 330 g/mol. The molecular formula is C10H8BrN3O3S. The van der Waals surface area contributed by atoms with Crippen LogP contribution < -0.4 is 10.3 Å². The molecule has 2 N–H and O–H groups in total. The summed E-state index contributed by atoms with van der Waals surface area (Å²) in [6, 6.07) is 5.55. The predicted molar refractivity (Wildman–Crippen MR) is 69.8 cm³/mol. The highest BCUT2D eigenvalue weighted by Crippen LogP contribution is 2.21. The number of hydrogen-bond acceptors (Lipinski definition) is 4. The summed E-state index contributed by atoms with van der Waals surface area (Å²) in [5.41, 5.74) is -0.0415. The molecule has 2 aromatic rings. The number of H-pyrrole nitrogens is 1. The molecule has 0 fully saturated rings. The van der Waals surface area contributed by atoms with Gasteiger partial charge in [0, 0.05) is 18.5 Å². The number of rotatable bonds is 3. The molecule has 0 spiro atoms. The minimum atomic E-state index is -3.74. The van der Waals surface area contributed by atoms with Crippen molar-refractivity contribution >= 4 is 31.6 Å². The van der Waals surface area contributed by atoms with Crippen molar-refractivity contribution in [2.45, 2.75) is 4.90 Å². The highest BCUT2D eigenvalue weighted by atomic mass is 79.9. The molecule has 0 unspecified atom stereocenters. The Balaban J connectivity index is 2.36. The van der Waals surface area contributed by atoms with Gasteiger partial charge in [-0.05, 0) is 34.1 Å². The van der Waals surface area contributed by atoms with Crippen molar-refractivity contribution in [3.8, 4) is 0 Å². The van der Waals surface area contributed by atoms with Crippen LogP contribution in [0.2, 0.25) is 0 Å². The van der Waals surface area contributed by atoms with Gasteiger partial charge in [0.15, 0.2) is 0 Å². The molecule has 0 bridgehead atoms. The molecule has 8 heteroatoms. The molecule has 0 saturated carbocycles. The minimum absolute atomic E-state index is 0.0298. The van der Waals surface area contributed by atoms with Gasteiger partial charge in [0.25, 0.3) is 10.0 Å². The van der Waals surface area contributed by atoms with E-state index in [1.54, 1.807) is 12.1 Å². The Labute approximate surface area is 111 Å². The van der Waals surface area contributed by atoms with E-state index in [4.69, 9.17) is 0 Å². The molecule has 0 radical (unpaired) electrons. The Morgan fingerprint density at radius 3 is 2.67 bits per heavy atom. The summed E-state index contributed by atoms with van der Waals surface area (Å²) in [6.07, 6.45) is 2.66. The molecule has 0 saturated heterocycles. The van der Waals surface area contributed by atoms with Gasteiger partial charge in [-0.1, -0.05) is 0 Å². The second-order valence-corrected chi connectivity index (χ2v) is 5.77. The maximum atomic E-state index is 12.0. The van der Waals surface area contributed by atoms with E-state index in [-0.39, 0.29) is 10.5 Å². The van der Waals surface area contributed by atoms with Gasteiger partial charge in [0.1, 0.15) is 9.50 Å². The van der Waals surface area contributed by atoms with Crippen molar-refractivity contribution < 1.29 is 8.42 Å². The highest BCUT2D eigenvalue weighted by molar-refractivity contribution is 9.10. The van der Waals surface area contributed by atoms with E-state index in [2.05, 4.69) is 30.6 Å². The smallest absolute Gasteiger partial charge is 0.263 e. The van der Waals surface area contributed by atoms with Crippen molar-refractivity contribution in [1.29, 1.82) is 0 Å². The largest absolute Gasteiger partial charge is 0.328 e. The van der Waals surface area contributed by atoms with E-state index in [9.17, 15) is 13.2 Å². The molecule has 94 valence electrons. The van der Waals surface area contributed by atoms with Gasteiger partial charge in [0.2, 0.25) is 5.56 Å². The lowest BCUT2D eigenvalue weighted by atomic mass is 10.4. The predicted octanol–water partition coefficient (Wildman–Crippen LogP) is 1.33. The second-order valence-electron chi connectivity index (χ2n) is 3.34. The fourth-order valence-electron chi connectivity index (χ4n) is 1.23. The molecule has 0 aliphatic rings. The first-order valence-corrected chi connectivity index (χ1v) is 7.09.